The molecule has 126 valence electrons. The average Bonchev–Trinajstić information content (AvgIpc) is 3.09. The van der Waals surface area contributed by atoms with Crippen LogP contribution in [0.3, 0.4) is 0 Å². The Morgan fingerprint density at radius 3 is 2.57 bits per heavy atom. The molecule has 5 nitrogen and oxygen atoms in total. The Morgan fingerprint density at radius 1 is 1.17 bits per heavy atom. The van der Waals surface area contributed by atoms with E-state index < -0.39 is 0 Å². The Balaban J connectivity index is 1.32. The van der Waals surface area contributed by atoms with Crippen LogP contribution in [0.4, 0.5) is 4.79 Å². The number of amides is 2. The van der Waals surface area contributed by atoms with Crippen molar-refractivity contribution in [2.45, 2.75) is 51.0 Å². The SMILES string of the molecule is O=C(NC1CCCC1)N1CCC(CCOc2ccncc2)CC1. The lowest BCUT2D eigenvalue weighted by Crippen LogP contribution is -2.47. The van der Waals surface area contributed by atoms with E-state index >= 15 is 0 Å². The number of pyridine rings is 1. The van der Waals surface area contributed by atoms with E-state index in [0.717, 1.165) is 57.6 Å². The lowest BCUT2D eigenvalue weighted by molar-refractivity contribution is 0.157. The lowest BCUT2D eigenvalue weighted by Gasteiger charge is -2.32. The zero-order valence-electron chi connectivity index (χ0n) is 13.7. The van der Waals surface area contributed by atoms with E-state index in [1.807, 2.05) is 17.0 Å². The Hall–Kier alpha value is -1.78. The van der Waals surface area contributed by atoms with Crippen molar-refractivity contribution in [1.29, 1.82) is 0 Å². The molecule has 3 rings (SSSR count). The first-order valence-electron chi connectivity index (χ1n) is 8.89. The Morgan fingerprint density at radius 2 is 1.87 bits per heavy atom. The van der Waals surface area contributed by atoms with Crippen LogP contribution < -0.4 is 10.1 Å². The van der Waals surface area contributed by atoms with E-state index in [1.165, 1.54) is 12.8 Å². The minimum atomic E-state index is 0.142. The third kappa shape index (κ3) is 4.85. The number of likely N-dealkylation sites (tertiary alicyclic amines) is 1. The number of carbonyl (C=O) groups is 1. The maximum Gasteiger partial charge on any atom is 0.317 e. The van der Waals surface area contributed by atoms with Gasteiger partial charge in [-0.2, -0.15) is 0 Å². The second-order valence-electron chi connectivity index (χ2n) is 6.68. The fourth-order valence-corrected chi connectivity index (χ4v) is 3.54. The fraction of sp³-hybridized carbons (Fsp3) is 0.667. The molecule has 0 aromatic carbocycles. The molecule has 2 aliphatic rings. The highest BCUT2D eigenvalue weighted by atomic mass is 16.5. The maximum atomic E-state index is 12.2. The van der Waals surface area contributed by atoms with Gasteiger partial charge in [0.15, 0.2) is 0 Å². The molecule has 1 aliphatic carbocycles. The molecular formula is C18H27N3O2. The quantitative estimate of drug-likeness (QED) is 0.907. The molecule has 0 bridgehead atoms. The summed E-state index contributed by atoms with van der Waals surface area (Å²) in [6, 6.07) is 4.32. The van der Waals surface area contributed by atoms with Crippen molar-refractivity contribution in [1.82, 2.24) is 15.2 Å². The summed E-state index contributed by atoms with van der Waals surface area (Å²) >= 11 is 0. The van der Waals surface area contributed by atoms with Crippen LogP contribution in [-0.4, -0.2) is 41.7 Å². The number of rotatable bonds is 5. The summed E-state index contributed by atoms with van der Waals surface area (Å²) in [6.07, 6.45) is 11.5. The molecule has 0 radical (unpaired) electrons. The van der Waals surface area contributed by atoms with E-state index in [0.29, 0.717) is 12.0 Å². The van der Waals surface area contributed by atoms with Crippen molar-refractivity contribution in [3.05, 3.63) is 24.5 Å². The van der Waals surface area contributed by atoms with Crippen LogP contribution in [-0.2, 0) is 0 Å². The summed E-state index contributed by atoms with van der Waals surface area (Å²) in [5, 5.41) is 3.18. The zero-order chi connectivity index (χ0) is 15.9. The van der Waals surface area contributed by atoms with Gasteiger partial charge in [0.05, 0.1) is 6.61 Å². The maximum absolute atomic E-state index is 12.2. The number of nitrogens with zero attached hydrogens (tertiary/aromatic N) is 2. The van der Waals surface area contributed by atoms with Gasteiger partial charge < -0.3 is 15.0 Å². The predicted molar refractivity (Wildman–Crippen MR) is 89.4 cm³/mol. The summed E-state index contributed by atoms with van der Waals surface area (Å²) in [4.78, 5) is 18.2. The number of piperidine rings is 1. The summed E-state index contributed by atoms with van der Waals surface area (Å²) in [7, 11) is 0. The predicted octanol–water partition coefficient (Wildman–Crippen LogP) is 3.21. The number of nitrogens with one attached hydrogen (secondary N) is 1. The second kappa shape index (κ2) is 8.18. The molecule has 1 aromatic rings. The van der Waals surface area contributed by atoms with Gasteiger partial charge >= 0.3 is 6.03 Å². The molecule has 0 atom stereocenters. The van der Waals surface area contributed by atoms with Crippen molar-refractivity contribution < 1.29 is 9.53 Å². The molecule has 23 heavy (non-hydrogen) atoms. The first-order valence-corrected chi connectivity index (χ1v) is 8.89. The van der Waals surface area contributed by atoms with Gasteiger partial charge in [-0.3, -0.25) is 4.98 Å². The van der Waals surface area contributed by atoms with E-state index in [4.69, 9.17) is 4.74 Å². The van der Waals surface area contributed by atoms with Crippen LogP contribution in [0.1, 0.15) is 44.9 Å². The van der Waals surface area contributed by atoms with Crippen molar-refractivity contribution in [2.24, 2.45) is 5.92 Å². The van der Waals surface area contributed by atoms with Crippen molar-refractivity contribution in [3.8, 4) is 5.75 Å². The van der Waals surface area contributed by atoms with Gasteiger partial charge in [-0.1, -0.05) is 12.8 Å². The van der Waals surface area contributed by atoms with Crippen molar-refractivity contribution in [3.63, 3.8) is 0 Å². The van der Waals surface area contributed by atoms with Crippen LogP contribution in [0.25, 0.3) is 0 Å². The van der Waals surface area contributed by atoms with Gasteiger partial charge in [-0.15, -0.1) is 0 Å². The van der Waals surface area contributed by atoms with Crippen LogP contribution in [0.15, 0.2) is 24.5 Å². The molecule has 5 heteroatoms. The molecule has 2 heterocycles. The molecule has 1 saturated carbocycles. The van der Waals surface area contributed by atoms with Gasteiger partial charge in [-0.25, -0.2) is 4.79 Å². The summed E-state index contributed by atoms with van der Waals surface area (Å²) in [6.45, 7) is 2.49. The molecule has 0 spiro atoms. The Kier molecular flexibility index (Phi) is 5.72. The van der Waals surface area contributed by atoms with E-state index in [1.54, 1.807) is 12.4 Å². The largest absolute Gasteiger partial charge is 0.493 e. The molecule has 1 saturated heterocycles. The van der Waals surface area contributed by atoms with Crippen LogP contribution in [0.2, 0.25) is 0 Å². The topological polar surface area (TPSA) is 54.5 Å². The molecule has 1 aliphatic heterocycles. The lowest BCUT2D eigenvalue weighted by atomic mass is 9.94. The first kappa shape index (κ1) is 16.1. The summed E-state index contributed by atoms with van der Waals surface area (Å²) in [5.74, 6) is 1.54. The molecule has 1 N–H and O–H groups in total. The second-order valence-corrected chi connectivity index (χ2v) is 6.68. The smallest absolute Gasteiger partial charge is 0.317 e. The summed E-state index contributed by atoms with van der Waals surface area (Å²) in [5.41, 5.74) is 0. The van der Waals surface area contributed by atoms with Crippen LogP contribution >= 0.6 is 0 Å². The highest BCUT2D eigenvalue weighted by Crippen LogP contribution is 2.22. The van der Waals surface area contributed by atoms with Crippen LogP contribution in [0, 0.1) is 5.92 Å². The van der Waals surface area contributed by atoms with Crippen molar-refractivity contribution >= 4 is 6.03 Å². The number of carbonyl (C=O) groups excluding carboxylic acids is 1. The van der Waals surface area contributed by atoms with E-state index in [2.05, 4.69) is 10.3 Å². The molecule has 0 unspecified atom stereocenters. The Labute approximate surface area is 138 Å². The fourth-order valence-electron chi connectivity index (χ4n) is 3.54. The number of hydrogen-bond donors (Lipinski definition) is 1. The molecule has 1 aromatic heterocycles. The van der Waals surface area contributed by atoms with Gasteiger partial charge in [0.2, 0.25) is 0 Å². The van der Waals surface area contributed by atoms with E-state index in [9.17, 15) is 4.79 Å². The average molecular weight is 317 g/mol. The zero-order valence-corrected chi connectivity index (χ0v) is 13.7. The number of urea groups is 1. The third-order valence-electron chi connectivity index (χ3n) is 5.03. The molecule has 2 amide bonds. The van der Waals surface area contributed by atoms with Gasteiger partial charge in [-0.05, 0) is 50.2 Å². The number of aromatic nitrogens is 1. The molecular weight excluding hydrogens is 290 g/mol. The minimum absolute atomic E-state index is 0.142. The highest BCUT2D eigenvalue weighted by Gasteiger charge is 2.25. The van der Waals surface area contributed by atoms with Crippen LogP contribution in [0.5, 0.6) is 5.75 Å². The monoisotopic (exact) mass is 317 g/mol. The summed E-state index contributed by atoms with van der Waals surface area (Å²) < 4.78 is 5.74. The number of ether oxygens (including phenoxy) is 1. The highest BCUT2D eigenvalue weighted by molar-refractivity contribution is 5.74. The van der Waals surface area contributed by atoms with Gasteiger partial charge in [0, 0.05) is 31.5 Å². The normalized spacial score (nSPS) is 19.7. The molecule has 2 fully saturated rings. The standard InChI is InChI=1S/C18H27N3O2/c22-18(20-16-3-1-2-4-16)21-12-7-15(8-13-21)9-14-23-17-5-10-19-11-6-17/h5-6,10-11,15-16H,1-4,7-9,12-14H2,(H,20,22). The van der Waals surface area contributed by atoms with Gasteiger partial charge in [0.1, 0.15) is 5.75 Å². The third-order valence-corrected chi connectivity index (χ3v) is 5.03. The number of hydrogen-bond acceptors (Lipinski definition) is 3. The van der Waals surface area contributed by atoms with Gasteiger partial charge in [0.25, 0.3) is 0 Å². The van der Waals surface area contributed by atoms with E-state index in [-0.39, 0.29) is 6.03 Å². The Bertz CT molecular complexity index is 480. The van der Waals surface area contributed by atoms with Crippen molar-refractivity contribution in [2.75, 3.05) is 19.7 Å². The first-order chi connectivity index (χ1) is 11.3. The minimum Gasteiger partial charge on any atom is -0.493 e.